The van der Waals surface area contributed by atoms with Crippen LogP contribution in [0.5, 0.6) is 0 Å². The van der Waals surface area contributed by atoms with Crippen molar-refractivity contribution in [3.63, 3.8) is 0 Å². The molecule has 1 aliphatic carbocycles. The molecule has 0 aromatic heterocycles. The van der Waals surface area contributed by atoms with Gasteiger partial charge in [0.2, 0.25) is 0 Å². The first-order chi connectivity index (χ1) is 12.8. The normalized spacial score (nSPS) is 22.0. The number of rotatable bonds is 6. The van der Waals surface area contributed by atoms with E-state index in [-0.39, 0.29) is 17.1 Å². The molecular formula is C22H29ClN2O2. The summed E-state index contributed by atoms with van der Waals surface area (Å²) >= 11 is 6.53. The Bertz CT molecular complexity index is 795. The molecule has 1 aromatic rings. The fourth-order valence-corrected chi connectivity index (χ4v) is 4.29. The zero-order chi connectivity index (χ0) is 19.6. The molecule has 1 unspecified atom stereocenters. The quantitative estimate of drug-likeness (QED) is 0.718. The molecule has 0 fully saturated rings. The van der Waals surface area contributed by atoms with Crippen molar-refractivity contribution in [2.75, 3.05) is 26.8 Å². The topological polar surface area (TPSA) is 50.4 Å². The van der Waals surface area contributed by atoms with Gasteiger partial charge in [-0.15, -0.1) is 0 Å². The second-order valence-corrected chi connectivity index (χ2v) is 8.64. The highest BCUT2D eigenvalue weighted by Crippen LogP contribution is 2.47. The number of allylic oxidation sites excluding steroid dienone is 3. The third-order valence-corrected chi connectivity index (χ3v) is 5.72. The number of Topliss-reactive ketones (excluding diaryl/α,β-unsaturated/α-hetero) is 1. The van der Waals surface area contributed by atoms with Gasteiger partial charge in [-0.1, -0.05) is 43.6 Å². The molecule has 0 amide bonds. The zero-order valence-electron chi connectivity index (χ0n) is 16.6. The van der Waals surface area contributed by atoms with Crippen LogP contribution in [0.3, 0.4) is 0 Å². The van der Waals surface area contributed by atoms with Crippen molar-refractivity contribution in [2.24, 2.45) is 5.41 Å². The van der Waals surface area contributed by atoms with E-state index in [4.69, 9.17) is 16.3 Å². The predicted molar refractivity (Wildman–Crippen MR) is 110 cm³/mol. The van der Waals surface area contributed by atoms with Gasteiger partial charge in [0.15, 0.2) is 5.78 Å². The van der Waals surface area contributed by atoms with Gasteiger partial charge in [0.05, 0.1) is 13.2 Å². The van der Waals surface area contributed by atoms with Crippen molar-refractivity contribution in [1.29, 1.82) is 0 Å². The number of hydrogen-bond donors (Lipinski definition) is 2. The zero-order valence-corrected chi connectivity index (χ0v) is 17.4. The summed E-state index contributed by atoms with van der Waals surface area (Å²) in [6.45, 7) is 8.32. The number of benzene rings is 1. The van der Waals surface area contributed by atoms with E-state index in [9.17, 15) is 4.79 Å². The molecule has 4 nitrogen and oxygen atoms in total. The molecule has 0 bridgehead atoms. The van der Waals surface area contributed by atoms with Crippen LogP contribution in [0.1, 0.15) is 45.1 Å². The van der Waals surface area contributed by atoms with Crippen molar-refractivity contribution in [1.82, 2.24) is 10.6 Å². The molecule has 1 heterocycles. The Morgan fingerprint density at radius 1 is 1.30 bits per heavy atom. The summed E-state index contributed by atoms with van der Waals surface area (Å²) in [5, 5.41) is 7.32. The maximum absolute atomic E-state index is 13.1. The van der Waals surface area contributed by atoms with Gasteiger partial charge in [0, 0.05) is 40.9 Å². The largest absolute Gasteiger partial charge is 0.374 e. The first-order valence-electron chi connectivity index (χ1n) is 9.54. The van der Waals surface area contributed by atoms with Gasteiger partial charge in [-0.2, -0.15) is 0 Å². The lowest BCUT2D eigenvalue weighted by Crippen LogP contribution is -2.38. The Hall–Kier alpha value is -1.62. The van der Waals surface area contributed by atoms with Crippen LogP contribution < -0.4 is 10.6 Å². The van der Waals surface area contributed by atoms with E-state index in [1.165, 1.54) is 0 Å². The van der Waals surface area contributed by atoms with Gasteiger partial charge in [0.25, 0.3) is 0 Å². The van der Waals surface area contributed by atoms with Gasteiger partial charge in [-0.05, 0) is 43.0 Å². The summed E-state index contributed by atoms with van der Waals surface area (Å²) in [5.41, 5.74) is 5.00. The number of nitrogens with one attached hydrogen (secondary N) is 2. The minimum atomic E-state index is -0.110. The van der Waals surface area contributed by atoms with Gasteiger partial charge >= 0.3 is 0 Å². The van der Waals surface area contributed by atoms with Crippen molar-refractivity contribution >= 4 is 17.4 Å². The number of ketones is 1. The van der Waals surface area contributed by atoms with Crippen molar-refractivity contribution < 1.29 is 9.53 Å². The van der Waals surface area contributed by atoms with E-state index in [1.807, 2.05) is 31.3 Å². The summed E-state index contributed by atoms with van der Waals surface area (Å²) in [4.78, 5) is 13.1. The lowest BCUT2D eigenvalue weighted by atomic mass is 9.69. The Balaban J connectivity index is 2.02. The second kappa shape index (κ2) is 8.17. The number of dihydropyridines is 1. The number of hydrogen-bond acceptors (Lipinski definition) is 4. The molecule has 1 aliphatic heterocycles. The van der Waals surface area contributed by atoms with E-state index in [0.717, 1.165) is 41.1 Å². The van der Waals surface area contributed by atoms with Crippen LogP contribution in [0.4, 0.5) is 0 Å². The molecular weight excluding hydrogens is 360 g/mol. The molecule has 146 valence electrons. The Morgan fingerprint density at radius 2 is 2.04 bits per heavy atom. The molecule has 0 saturated heterocycles. The van der Waals surface area contributed by atoms with Crippen LogP contribution in [0.15, 0.2) is 46.8 Å². The van der Waals surface area contributed by atoms with Gasteiger partial charge < -0.3 is 15.4 Å². The van der Waals surface area contributed by atoms with Crippen LogP contribution in [0, 0.1) is 5.41 Å². The number of carbonyl (C=O) groups is 1. The molecule has 1 aromatic carbocycles. The number of likely N-dealkylation sites (N-methyl/N-ethyl adjacent to an activating group) is 1. The summed E-state index contributed by atoms with van der Waals surface area (Å²) in [6.07, 6.45) is 1.41. The van der Waals surface area contributed by atoms with Gasteiger partial charge in [-0.25, -0.2) is 0 Å². The second-order valence-electron chi connectivity index (χ2n) is 8.23. The SMILES string of the molecule is CNCCOCC1=C(C)C(c2ccccc2Cl)C2=C(CC(C)(C)CC2=O)N1. The molecule has 5 heteroatoms. The third-order valence-electron chi connectivity index (χ3n) is 5.38. The van der Waals surface area contributed by atoms with Crippen LogP contribution in [-0.2, 0) is 9.53 Å². The van der Waals surface area contributed by atoms with E-state index in [0.29, 0.717) is 24.7 Å². The minimum Gasteiger partial charge on any atom is -0.374 e. The maximum Gasteiger partial charge on any atom is 0.162 e. The van der Waals surface area contributed by atoms with E-state index >= 15 is 0 Å². The highest BCUT2D eigenvalue weighted by atomic mass is 35.5. The van der Waals surface area contributed by atoms with Gasteiger partial charge in [0.1, 0.15) is 0 Å². The van der Waals surface area contributed by atoms with Crippen LogP contribution >= 0.6 is 11.6 Å². The Labute approximate surface area is 167 Å². The smallest absolute Gasteiger partial charge is 0.162 e. The fraction of sp³-hybridized carbons (Fsp3) is 0.500. The molecule has 2 N–H and O–H groups in total. The van der Waals surface area contributed by atoms with Crippen LogP contribution in [-0.4, -0.2) is 32.6 Å². The molecule has 0 saturated carbocycles. The lowest BCUT2D eigenvalue weighted by Gasteiger charge is -2.40. The predicted octanol–water partition coefficient (Wildman–Crippen LogP) is 4.18. The highest BCUT2D eigenvalue weighted by molar-refractivity contribution is 6.31. The molecule has 3 rings (SSSR count). The molecule has 27 heavy (non-hydrogen) atoms. The number of halogens is 1. The summed E-state index contributed by atoms with van der Waals surface area (Å²) in [6, 6.07) is 7.83. The molecule has 1 atom stereocenters. The summed E-state index contributed by atoms with van der Waals surface area (Å²) in [7, 11) is 1.91. The van der Waals surface area contributed by atoms with Crippen molar-refractivity contribution in [3.8, 4) is 0 Å². The van der Waals surface area contributed by atoms with E-state index < -0.39 is 0 Å². The van der Waals surface area contributed by atoms with Gasteiger partial charge in [-0.3, -0.25) is 4.79 Å². The Morgan fingerprint density at radius 3 is 2.74 bits per heavy atom. The number of carbonyl (C=O) groups excluding carboxylic acids is 1. The Kier molecular flexibility index (Phi) is 6.09. The van der Waals surface area contributed by atoms with Crippen molar-refractivity contribution in [3.05, 3.63) is 57.4 Å². The first kappa shape index (κ1) is 20.1. The molecule has 0 spiro atoms. The number of ether oxygens (including phenoxy) is 1. The average molecular weight is 389 g/mol. The van der Waals surface area contributed by atoms with Crippen LogP contribution in [0.2, 0.25) is 5.02 Å². The fourth-order valence-electron chi connectivity index (χ4n) is 4.05. The van der Waals surface area contributed by atoms with E-state index in [2.05, 4.69) is 31.4 Å². The highest BCUT2D eigenvalue weighted by Gasteiger charge is 2.40. The average Bonchev–Trinajstić information content (AvgIpc) is 2.59. The van der Waals surface area contributed by atoms with Crippen LogP contribution in [0.25, 0.3) is 0 Å². The third kappa shape index (κ3) is 4.29. The summed E-state index contributed by atoms with van der Waals surface area (Å²) in [5.74, 6) is 0.106. The standard InChI is InChI=1S/C22H29ClN2O2/c1-14-18(13-27-10-9-24-4)25-17-11-22(2,3)12-19(26)21(17)20(14)15-7-5-6-8-16(15)23/h5-8,20,24-25H,9-13H2,1-4H3. The first-order valence-corrected chi connectivity index (χ1v) is 9.91. The maximum atomic E-state index is 13.1. The molecule has 0 radical (unpaired) electrons. The molecule has 2 aliphatic rings. The lowest BCUT2D eigenvalue weighted by molar-refractivity contribution is -0.118. The minimum absolute atomic E-state index is 0.0444. The van der Waals surface area contributed by atoms with E-state index in [1.54, 1.807) is 0 Å². The summed E-state index contributed by atoms with van der Waals surface area (Å²) < 4.78 is 5.83. The van der Waals surface area contributed by atoms with Crippen molar-refractivity contribution in [2.45, 2.75) is 39.5 Å². The monoisotopic (exact) mass is 388 g/mol.